The molecule has 0 aliphatic heterocycles. The Labute approximate surface area is 72.9 Å². The van der Waals surface area contributed by atoms with Crippen molar-refractivity contribution in [1.82, 2.24) is 0 Å². The van der Waals surface area contributed by atoms with Crippen molar-refractivity contribution in [3.05, 3.63) is 41.6 Å². The molecule has 2 N–H and O–H groups in total. The van der Waals surface area contributed by atoms with Gasteiger partial charge in [-0.3, -0.25) is 0 Å². The van der Waals surface area contributed by atoms with Gasteiger partial charge in [-0.1, -0.05) is 30.3 Å². The van der Waals surface area contributed by atoms with Crippen molar-refractivity contribution in [3.8, 4) is 0 Å². The van der Waals surface area contributed by atoms with Gasteiger partial charge in [-0.25, -0.2) is 0 Å². The summed E-state index contributed by atoms with van der Waals surface area (Å²) in [7, 11) is 0. The number of benzene rings is 1. The van der Waals surface area contributed by atoms with Crippen molar-refractivity contribution >= 4 is 6.08 Å². The van der Waals surface area contributed by atoms with Crippen molar-refractivity contribution < 1.29 is 0 Å². The average molecular weight is 159 g/mol. The fourth-order valence-corrected chi connectivity index (χ4v) is 1.28. The second-order valence-corrected chi connectivity index (χ2v) is 3.33. The van der Waals surface area contributed by atoms with Gasteiger partial charge < -0.3 is 5.73 Å². The maximum absolute atomic E-state index is 5.87. The highest BCUT2D eigenvalue weighted by Gasteiger charge is 2.23. The summed E-state index contributed by atoms with van der Waals surface area (Å²) in [4.78, 5) is 0. The maximum Gasteiger partial charge on any atom is 0.0118 e. The van der Waals surface area contributed by atoms with E-state index in [0.717, 1.165) is 5.70 Å². The molecule has 0 amide bonds. The molecule has 1 aliphatic carbocycles. The molecule has 1 nitrogen and oxygen atoms in total. The summed E-state index contributed by atoms with van der Waals surface area (Å²) in [5.74, 6) is 0.671. The molecule has 1 aliphatic rings. The zero-order chi connectivity index (χ0) is 8.39. The molecule has 2 rings (SSSR count). The van der Waals surface area contributed by atoms with Crippen molar-refractivity contribution in [3.63, 3.8) is 0 Å². The monoisotopic (exact) mass is 159 g/mol. The molecular weight excluding hydrogens is 146 g/mol. The molecule has 0 radical (unpaired) electrons. The van der Waals surface area contributed by atoms with Crippen molar-refractivity contribution in [2.75, 3.05) is 0 Å². The summed E-state index contributed by atoms with van der Waals surface area (Å²) in [6.07, 6.45) is 4.63. The van der Waals surface area contributed by atoms with Crippen LogP contribution in [0.1, 0.15) is 18.4 Å². The fraction of sp³-hybridized carbons (Fsp3) is 0.273. The van der Waals surface area contributed by atoms with Gasteiger partial charge in [0, 0.05) is 5.70 Å². The molecule has 0 spiro atoms. The van der Waals surface area contributed by atoms with Crippen molar-refractivity contribution in [1.29, 1.82) is 0 Å². The molecule has 62 valence electrons. The summed E-state index contributed by atoms with van der Waals surface area (Å²) in [5.41, 5.74) is 8.12. The van der Waals surface area contributed by atoms with Crippen LogP contribution >= 0.6 is 0 Å². The Balaban J connectivity index is 2.15. The van der Waals surface area contributed by atoms with Crippen LogP contribution in [-0.4, -0.2) is 0 Å². The molecule has 0 saturated heterocycles. The van der Waals surface area contributed by atoms with Gasteiger partial charge in [-0.2, -0.15) is 0 Å². The third-order valence-electron chi connectivity index (χ3n) is 2.18. The molecule has 0 atom stereocenters. The molecule has 1 heteroatoms. The Hall–Kier alpha value is -1.24. The minimum Gasteiger partial charge on any atom is -0.402 e. The van der Waals surface area contributed by atoms with E-state index in [9.17, 15) is 0 Å². The largest absolute Gasteiger partial charge is 0.402 e. The van der Waals surface area contributed by atoms with Crippen LogP contribution in [-0.2, 0) is 0 Å². The molecule has 1 fully saturated rings. The van der Waals surface area contributed by atoms with Gasteiger partial charge in [-0.15, -0.1) is 0 Å². The van der Waals surface area contributed by atoms with Gasteiger partial charge in [0.1, 0.15) is 0 Å². The van der Waals surface area contributed by atoms with Gasteiger partial charge in [0.05, 0.1) is 0 Å². The van der Waals surface area contributed by atoms with Gasteiger partial charge >= 0.3 is 0 Å². The van der Waals surface area contributed by atoms with Crippen LogP contribution in [0.2, 0.25) is 0 Å². The first kappa shape index (κ1) is 7.41. The molecule has 0 unspecified atom stereocenters. The molecule has 0 heterocycles. The quantitative estimate of drug-likeness (QED) is 0.704. The first-order valence-electron chi connectivity index (χ1n) is 4.38. The van der Waals surface area contributed by atoms with Crippen LogP contribution in [0.4, 0.5) is 0 Å². The first-order chi connectivity index (χ1) is 5.86. The Morgan fingerprint density at radius 1 is 1.25 bits per heavy atom. The van der Waals surface area contributed by atoms with Crippen molar-refractivity contribution in [2.24, 2.45) is 11.7 Å². The van der Waals surface area contributed by atoms with E-state index >= 15 is 0 Å². The summed E-state index contributed by atoms with van der Waals surface area (Å²) in [6.45, 7) is 0. The highest BCUT2D eigenvalue weighted by atomic mass is 14.6. The molecule has 0 bridgehead atoms. The summed E-state index contributed by atoms with van der Waals surface area (Å²) < 4.78 is 0. The third-order valence-corrected chi connectivity index (χ3v) is 2.18. The number of hydrogen-bond donors (Lipinski definition) is 1. The summed E-state index contributed by atoms with van der Waals surface area (Å²) >= 11 is 0. The lowest BCUT2D eigenvalue weighted by Gasteiger charge is -1.97. The van der Waals surface area contributed by atoms with Crippen LogP contribution in [0, 0.1) is 5.92 Å². The number of allylic oxidation sites excluding steroid dienone is 1. The SMILES string of the molecule is NC(=Cc1ccccc1)C1CC1. The third kappa shape index (κ3) is 1.67. The Kier molecular flexibility index (Phi) is 1.86. The summed E-state index contributed by atoms with van der Waals surface area (Å²) in [5, 5.41) is 0. The van der Waals surface area contributed by atoms with E-state index in [2.05, 4.69) is 18.2 Å². The number of nitrogens with two attached hydrogens (primary N) is 1. The lowest BCUT2D eigenvalue weighted by Crippen LogP contribution is -1.97. The second kappa shape index (κ2) is 3.02. The van der Waals surface area contributed by atoms with Gasteiger partial charge in [0.2, 0.25) is 0 Å². The Morgan fingerprint density at radius 3 is 2.50 bits per heavy atom. The lowest BCUT2D eigenvalue weighted by molar-refractivity contribution is 0.993. The standard InChI is InChI=1S/C11H13N/c12-11(10-6-7-10)8-9-4-2-1-3-5-9/h1-5,8,10H,6-7,12H2. The second-order valence-electron chi connectivity index (χ2n) is 3.33. The van der Waals surface area contributed by atoms with Crippen molar-refractivity contribution in [2.45, 2.75) is 12.8 Å². The maximum atomic E-state index is 5.87. The van der Waals surface area contributed by atoms with E-state index in [4.69, 9.17) is 5.73 Å². The van der Waals surface area contributed by atoms with Crippen LogP contribution in [0.3, 0.4) is 0 Å². The molecule has 0 aromatic heterocycles. The minimum absolute atomic E-state index is 0.671. The smallest absolute Gasteiger partial charge is 0.0118 e. The van der Waals surface area contributed by atoms with Crippen LogP contribution in [0.25, 0.3) is 6.08 Å². The topological polar surface area (TPSA) is 26.0 Å². The van der Waals surface area contributed by atoms with E-state index < -0.39 is 0 Å². The zero-order valence-electron chi connectivity index (χ0n) is 7.03. The van der Waals surface area contributed by atoms with Crippen LogP contribution in [0.5, 0.6) is 0 Å². The minimum atomic E-state index is 0.671. The first-order valence-corrected chi connectivity index (χ1v) is 4.38. The van der Waals surface area contributed by atoms with E-state index in [-0.39, 0.29) is 0 Å². The lowest BCUT2D eigenvalue weighted by atomic mass is 10.1. The predicted octanol–water partition coefficient (Wildman–Crippen LogP) is 2.40. The van der Waals surface area contributed by atoms with E-state index in [1.54, 1.807) is 0 Å². The van der Waals surface area contributed by atoms with Gasteiger partial charge in [-0.05, 0) is 30.4 Å². The molecule has 1 saturated carbocycles. The Bertz CT molecular complexity index is 283. The van der Waals surface area contributed by atoms with E-state index in [1.165, 1.54) is 18.4 Å². The summed E-state index contributed by atoms with van der Waals surface area (Å²) in [6, 6.07) is 10.2. The Morgan fingerprint density at radius 2 is 1.92 bits per heavy atom. The van der Waals surface area contributed by atoms with Crippen LogP contribution in [0.15, 0.2) is 36.0 Å². The van der Waals surface area contributed by atoms with Crippen LogP contribution < -0.4 is 5.73 Å². The molecular formula is C11H13N. The normalized spacial score (nSPS) is 17.8. The van der Waals surface area contributed by atoms with Gasteiger partial charge in [0.25, 0.3) is 0 Å². The molecule has 1 aromatic carbocycles. The highest BCUT2D eigenvalue weighted by molar-refractivity contribution is 5.52. The molecule has 12 heavy (non-hydrogen) atoms. The number of rotatable bonds is 2. The average Bonchev–Trinajstić information content (AvgIpc) is 2.88. The predicted molar refractivity (Wildman–Crippen MR) is 51.3 cm³/mol. The number of hydrogen-bond acceptors (Lipinski definition) is 1. The zero-order valence-corrected chi connectivity index (χ0v) is 7.03. The van der Waals surface area contributed by atoms with Gasteiger partial charge in [0.15, 0.2) is 0 Å². The fourth-order valence-electron chi connectivity index (χ4n) is 1.28. The van der Waals surface area contributed by atoms with E-state index in [1.807, 2.05) is 18.2 Å². The molecule has 1 aromatic rings. The van der Waals surface area contributed by atoms with E-state index in [0.29, 0.717) is 5.92 Å². The highest BCUT2D eigenvalue weighted by Crippen LogP contribution is 2.34.